The Labute approximate surface area is 176 Å². The van der Waals surface area contributed by atoms with Gasteiger partial charge in [-0.15, -0.1) is 0 Å². The molecule has 3 heterocycles. The first kappa shape index (κ1) is 20.3. The zero-order valence-corrected chi connectivity index (χ0v) is 18.3. The second-order valence-electron chi connectivity index (χ2n) is 8.42. The zero-order valence-electron chi connectivity index (χ0n) is 17.5. The highest BCUT2D eigenvalue weighted by Crippen LogP contribution is 2.37. The van der Waals surface area contributed by atoms with E-state index in [9.17, 15) is 9.59 Å². The molecule has 0 aromatic carbocycles. The van der Waals surface area contributed by atoms with Crippen molar-refractivity contribution in [3.05, 3.63) is 22.0 Å². The average Bonchev–Trinajstić information content (AvgIpc) is 3.02. The molecule has 0 bridgehead atoms. The minimum atomic E-state index is -0.0759. The number of aromatic nitrogens is 3. The van der Waals surface area contributed by atoms with Crippen molar-refractivity contribution in [1.29, 1.82) is 0 Å². The molecule has 4 rings (SSSR count). The van der Waals surface area contributed by atoms with Gasteiger partial charge in [-0.05, 0) is 33.1 Å². The van der Waals surface area contributed by atoms with Crippen molar-refractivity contribution in [2.75, 3.05) is 6.54 Å². The van der Waals surface area contributed by atoms with Crippen LogP contribution in [0.5, 0.6) is 0 Å². The Morgan fingerprint density at radius 2 is 1.97 bits per heavy atom. The summed E-state index contributed by atoms with van der Waals surface area (Å²) in [4.78, 5) is 32.8. The second-order valence-corrected chi connectivity index (χ2v) is 8.80. The van der Waals surface area contributed by atoms with E-state index in [1.54, 1.807) is 0 Å². The number of unbranched alkanes of at least 4 members (excludes halogenated alkanes) is 1. The van der Waals surface area contributed by atoms with Gasteiger partial charge in [0.05, 0.1) is 27.4 Å². The fourth-order valence-corrected chi connectivity index (χ4v) is 5.19. The van der Waals surface area contributed by atoms with Crippen molar-refractivity contribution in [3.8, 4) is 0 Å². The number of fused-ring (bicyclic) bond motifs is 2. The monoisotopic (exact) mass is 416 g/mol. The third kappa shape index (κ3) is 3.45. The smallest absolute Gasteiger partial charge is 0.256 e. The summed E-state index contributed by atoms with van der Waals surface area (Å²) in [5.74, 6) is 0.213. The van der Waals surface area contributed by atoms with Gasteiger partial charge in [0.25, 0.3) is 5.91 Å². The van der Waals surface area contributed by atoms with Gasteiger partial charge in [-0.2, -0.15) is 5.10 Å². The topological polar surface area (TPSA) is 68.1 Å². The molecule has 1 aliphatic carbocycles. The fraction of sp³-hybridized carbons (Fsp3) is 0.636. The number of likely N-dealkylation sites (tertiary alicyclic amines) is 1. The number of carbonyl (C=O) groups excluding carboxylic acids is 2. The lowest BCUT2D eigenvalue weighted by molar-refractivity contribution is -0.129. The van der Waals surface area contributed by atoms with E-state index in [2.05, 4.69) is 17.0 Å². The van der Waals surface area contributed by atoms with Gasteiger partial charge in [-0.1, -0.05) is 37.8 Å². The number of halogens is 1. The molecule has 2 fully saturated rings. The number of amides is 1. The highest BCUT2D eigenvalue weighted by Gasteiger charge is 2.41. The number of aryl methyl sites for hydroxylation is 3. The van der Waals surface area contributed by atoms with Gasteiger partial charge in [-0.3, -0.25) is 9.59 Å². The molecule has 0 unspecified atom stereocenters. The van der Waals surface area contributed by atoms with Gasteiger partial charge < -0.3 is 4.90 Å². The maximum atomic E-state index is 13.8. The molecule has 1 saturated heterocycles. The van der Waals surface area contributed by atoms with E-state index in [1.807, 2.05) is 23.4 Å². The van der Waals surface area contributed by atoms with Crippen molar-refractivity contribution in [1.82, 2.24) is 19.7 Å². The van der Waals surface area contributed by atoms with Crippen molar-refractivity contribution in [2.45, 2.75) is 78.3 Å². The number of hydrogen-bond acceptors (Lipinski definition) is 4. The summed E-state index contributed by atoms with van der Waals surface area (Å²) in [6, 6.07) is -0.00692. The van der Waals surface area contributed by atoms with E-state index in [0.717, 1.165) is 61.8 Å². The molecule has 156 valence electrons. The summed E-state index contributed by atoms with van der Waals surface area (Å²) in [5.41, 5.74) is 2.66. The Bertz CT molecular complexity index is 968. The molecule has 0 N–H and O–H groups in total. The molecular formula is C22H29ClN4O2. The van der Waals surface area contributed by atoms with Gasteiger partial charge in [0.2, 0.25) is 0 Å². The Hall–Kier alpha value is -1.95. The molecule has 0 radical (unpaired) electrons. The van der Waals surface area contributed by atoms with Gasteiger partial charge in [0.15, 0.2) is 5.65 Å². The normalized spacial score (nSPS) is 22.2. The molecule has 2 atom stereocenters. The molecule has 2 aliphatic rings. The van der Waals surface area contributed by atoms with Crippen molar-refractivity contribution in [3.63, 3.8) is 0 Å². The van der Waals surface area contributed by atoms with Crippen LogP contribution in [0.3, 0.4) is 0 Å². The summed E-state index contributed by atoms with van der Waals surface area (Å²) in [7, 11) is 0. The van der Waals surface area contributed by atoms with E-state index >= 15 is 0 Å². The van der Waals surface area contributed by atoms with E-state index in [-0.39, 0.29) is 17.9 Å². The molecule has 29 heavy (non-hydrogen) atoms. The number of pyridine rings is 1. The minimum absolute atomic E-state index is 0.00692. The third-order valence-electron chi connectivity index (χ3n) is 6.50. The number of Topliss-reactive ketones (excluding diaryl/α,β-unsaturated/α-hetero) is 1. The maximum Gasteiger partial charge on any atom is 0.256 e. The molecular weight excluding hydrogens is 388 g/mol. The van der Waals surface area contributed by atoms with E-state index in [0.29, 0.717) is 35.0 Å². The first-order valence-electron chi connectivity index (χ1n) is 10.8. The molecule has 1 saturated carbocycles. The summed E-state index contributed by atoms with van der Waals surface area (Å²) >= 11 is 6.66. The molecule has 6 nitrogen and oxygen atoms in total. The number of carbonyl (C=O) groups is 2. The summed E-state index contributed by atoms with van der Waals surface area (Å²) < 4.78 is 1.90. The summed E-state index contributed by atoms with van der Waals surface area (Å²) in [6.45, 7) is 7.14. The lowest BCUT2D eigenvalue weighted by Crippen LogP contribution is -2.53. The maximum absolute atomic E-state index is 13.8. The van der Waals surface area contributed by atoms with Gasteiger partial charge in [0.1, 0.15) is 5.78 Å². The largest absolute Gasteiger partial charge is 0.334 e. The first-order valence-corrected chi connectivity index (χ1v) is 11.2. The first-order chi connectivity index (χ1) is 13.9. The highest BCUT2D eigenvalue weighted by molar-refractivity contribution is 6.36. The number of ketones is 1. The Balaban J connectivity index is 1.80. The van der Waals surface area contributed by atoms with Crippen LogP contribution < -0.4 is 0 Å². The zero-order chi connectivity index (χ0) is 20.7. The van der Waals surface area contributed by atoms with Crippen molar-refractivity contribution in [2.24, 2.45) is 5.92 Å². The third-order valence-corrected chi connectivity index (χ3v) is 6.96. The standard InChI is InChI=1S/C22H29ClN4O2/c1-4-5-11-27-21-18(13(2)25-27)19(20(23)14(3)24-21)22(29)26-12-10-17(28)15-8-6-7-9-16(15)26/h15-16H,4-12H2,1-3H3/t15-,16+/m1/s1. The SMILES string of the molecule is CCCCn1nc(C)c2c(C(=O)N3CCC(=O)[C@@H]4CCCC[C@@H]43)c(Cl)c(C)nc21. The van der Waals surface area contributed by atoms with Crippen LogP contribution >= 0.6 is 11.6 Å². The summed E-state index contributed by atoms with van der Waals surface area (Å²) in [6.07, 6.45) is 6.40. The molecule has 7 heteroatoms. The van der Waals surface area contributed by atoms with E-state index in [1.165, 1.54) is 0 Å². The quantitative estimate of drug-likeness (QED) is 0.737. The lowest BCUT2D eigenvalue weighted by Gasteiger charge is -2.43. The van der Waals surface area contributed by atoms with Gasteiger partial charge in [-0.25, -0.2) is 9.67 Å². The molecule has 0 spiro atoms. The lowest BCUT2D eigenvalue weighted by atomic mass is 9.77. The Morgan fingerprint density at radius 1 is 1.21 bits per heavy atom. The number of nitrogens with zero attached hydrogens (tertiary/aromatic N) is 4. The highest BCUT2D eigenvalue weighted by atomic mass is 35.5. The van der Waals surface area contributed by atoms with Gasteiger partial charge >= 0.3 is 0 Å². The molecule has 2 aromatic heterocycles. The molecule has 2 aromatic rings. The van der Waals surface area contributed by atoms with Crippen LogP contribution in [0.1, 0.15) is 73.6 Å². The number of rotatable bonds is 4. The predicted octanol–water partition coefficient (Wildman–Crippen LogP) is 4.48. The van der Waals surface area contributed by atoms with Crippen LogP contribution in [-0.2, 0) is 11.3 Å². The van der Waals surface area contributed by atoms with Crippen LogP contribution in [0.15, 0.2) is 0 Å². The fourth-order valence-electron chi connectivity index (χ4n) is 4.98. The van der Waals surface area contributed by atoms with E-state index < -0.39 is 0 Å². The number of piperidine rings is 1. The van der Waals surface area contributed by atoms with Crippen LogP contribution in [0, 0.1) is 19.8 Å². The molecule has 1 amide bonds. The van der Waals surface area contributed by atoms with Crippen LogP contribution in [0.2, 0.25) is 5.02 Å². The van der Waals surface area contributed by atoms with E-state index in [4.69, 9.17) is 11.6 Å². The van der Waals surface area contributed by atoms with Crippen LogP contribution in [0.4, 0.5) is 0 Å². The number of hydrogen-bond donors (Lipinski definition) is 0. The van der Waals surface area contributed by atoms with Crippen LogP contribution in [-0.4, -0.2) is 43.9 Å². The Morgan fingerprint density at radius 3 is 2.72 bits per heavy atom. The van der Waals surface area contributed by atoms with Crippen molar-refractivity contribution >= 4 is 34.3 Å². The predicted molar refractivity (Wildman–Crippen MR) is 113 cm³/mol. The minimum Gasteiger partial charge on any atom is -0.334 e. The van der Waals surface area contributed by atoms with Crippen LogP contribution in [0.25, 0.3) is 11.0 Å². The van der Waals surface area contributed by atoms with Gasteiger partial charge in [0, 0.05) is 31.5 Å². The van der Waals surface area contributed by atoms with Crippen molar-refractivity contribution < 1.29 is 9.59 Å². The second kappa shape index (κ2) is 8.05. The molecule has 1 aliphatic heterocycles. The summed E-state index contributed by atoms with van der Waals surface area (Å²) in [5, 5.41) is 5.82. The Kier molecular flexibility index (Phi) is 5.65. The average molecular weight is 417 g/mol.